The van der Waals surface area contributed by atoms with Crippen molar-refractivity contribution >= 4 is 17.7 Å². The molecule has 2 aromatic carbocycles. The van der Waals surface area contributed by atoms with Gasteiger partial charge in [-0.2, -0.15) is 0 Å². The van der Waals surface area contributed by atoms with Gasteiger partial charge >= 0.3 is 0 Å². The van der Waals surface area contributed by atoms with Crippen LogP contribution in [0.1, 0.15) is 38.5 Å². The summed E-state index contributed by atoms with van der Waals surface area (Å²) in [4.78, 5) is 2.46. The van der Waals surface area contributed by atoms with Gasteiger partial charge < -0.3 is 9.48 Å². The molecule has 2 aliphatic carbocycles. The van der Waals surface area contributed by atoms with Crippen molar-refractivity contribution in [2.45, 2.75) is 50.6 Å². The molecule has 1 aliphatic heterocycles. The quantitative estimate of drug-likeness (QED) is 0.567. The van der Waals surface area contributed by atoms with E-state index in [4.69, 9.17) is 0 Å². The van der Waals surface area contributed by atoms with E-state index in [0.717, 1.165) is 0 Å². The van der Waals surface area contributed by atoms with Gasteiger partial charge in [0.25, 0.3) is 0 Å². The van der Waals surface area contributed by atoms with E-state index in [9.17, 15) is 0 Å². The van der Waals surface area contributed by atoms with Crippen molar-refractivity contribution in [2.75, 3.05) is 4.90 Å². The van der Waals surface area contributed by atoms with Crippen molar-refractivity contribution < 1.29 is 4.58 Å². The van der Waals surface area contributed by atoms with Gasteiger partial charge in [0.1, 0.15) is 0 Å². The third-order valence-electron chi connectivity index (χ3n) is 6.47. The molecule has 122 valence electrons. The molecule has 0 bridgehead atoms. The predicted octanol–water partition coefficient (Wildman–Crippen LogP) is 4.85. The Labute approximate surface area is 144 Å². The Kier molecular flexibility index (Phi) is 3.26. The highest BCUT2D eigenvalue weighted by Crippen LogP contribution is 2.56. The Morgan fingerprint density at radius 1 is 0.875 bits per heavy atom. The molecule has 2 saturated carbocycles. The van der Waals surface area contributed by atoms with Crippen LogP contribution in [0, 0.1) is 5.41 Å². The van der Waals surface area contributed by atoms with Crippen LogP contribution >= 0.6 is 0 Å². The molecule has 2 aromatic rings. The first-order valence-electron chi connectivity index (χ1n) is 9.33. The summed E-state index contributed by atoms with van der Waals surface area (Å²) < 4.78 is 2.46. The fourth-order valence-electron chi connectivity index (χ4n) is 5.52. The Balaban J connectivity index is 1.68. The van der Waals surface area contributed by atoms with Gasteiger partial charge in [-0.3, -0.25) is 0 Å². The lowest BCUT2D eigenvalue weighted by atomic mass is 9.75. The summed E-state index contributed by atoms with van der Waals surface area (Å²) in [7, 11) is 0. The highest BCUT2D eigenvalue weighted by atomic mass is 15.3. The van der Waals surface area contributed by atoms with Crippen LogP contribution in [0.15, 0.2) is 60.7 Å². The lowest BCUT2D eigenvalue weighted by Gasteiger charge is -2.47. The van der Waals surface area contributed by atoms with Crippen LogP contribution in [-0.4, -0.2) is 23.0 Å². The molecule has 24 heavy (non-hydrogen) atoms. The summed E-state index contributed by atoms with van der Waals surface area (Å²) >= 11 is 0. The minimum atomic E-state index is 0.441. The monoisotopic (exact) mass is 316 g/mol. The van der Waals surface area contributed by atoms with E-state index in [1.807, 2.05) is 0 Å². The van der Waals surface area contributed by atoms with Crippen molar-refractivity contribution in [2.24, 2.45) is 5.41 Å². The maximum Gasteiger partial charge on any atom is 0.206 e. The largest absolute Gasteiger partial charge is 0.334 e. The maximum atomic E-state index is 3.79. The molecule has 0 aromatic heterocycles. The van der Waals surface area contributed by atoms with Crippen LogP contribution in [0.3, 0.4) is 0 Å². The Morgan fingerprint density at radius 2 is 1.54 bits per heavy atom. The molecule has 0 saturated heterocycles. The van der Waals surface area contributed by atoms with Crippen LogP contribution < -0.4 is 4.90 Å². The Hall–Kier alpha value is -2.09. The molecule has 0 unspecified atom stereocenters. The lowest BCUT2D eigenvalue weighted by molar-refractivity contribution is -0.505. The van der Waals surface area contributed by atoms with Crippen molar-refractivity contribution in [3.8, 4) is 0 Å². The Bertz CT molecular complexity index is 748. The summed E-state index contributed by atoms with van der Waals surface area (Å²) in [5, 5.41) is 0. The number of hydrogen-bond donors (Lipinski definition) is 0. The van der Waals surface area contributed by atoms with E-state index < -0.39 is 0 Å². The van der Waals surface area contributed by atoms with Crippen molar-refractivity contribution in [1.29, 1.82) is 0 Å². The Morgan fingerprint density at radius 3 is 2.29 bits per heavy atom. The summed E-state index contributed by atoms with van der Waals surface area (Å²) in [5.74, 6) is 0. The zero-order valence-corrected chi connectivity index (χ0v) is 14.1. The summed E-state index contributed by atoms with van der Waals surface area (Å²) in [6.07, 6.45) is 11.9. The van der Waals surface area contributed by atoms with E-state index in [1.165, 1.54) is 49.9 Å². The zero-order valence-electron chi connectivity index (χ0n) is 14.1. The van der Waals surface area contributed by atoms with E-state index in [-0.39, 0.29) is 0 Å². The highest BCUT2D eigenvalue weighted by molar-refractivity contribution is 5.79. The second-order valence-corrected chi connectivity index (χ2v) is 7.56. The molecule has 0 N–H and O–H groups in total. The molecule has 0 amide bonds. The van der Waals surface area contributed by atoms with Crippen LogP contribution in [0.25, 0.3) is 0 Å². The first-order chi connectivity index (χ1) is 11.9. The van der Waals surface area contributed by atoms with E-state index in [0.29, 0.717) is 17.5 Å². The number of hydrogen-bond acceptors (Lipinski definition) is 1. The SMILES string of the molecule is [C-]1=[N+](c2ccccc2)[C@H]2CCC[C@]23CCC[C@@H]3N1c1ccccc1. The normalized spacial score (nSPS) is 31.5. The van der Waals surface area contributed by atoms with E-state index in [1.54, 1.807) is 0 Å². The lowest BCUT2D eigenvalue weighted by Crippen LogP contribution is -2.57. The van der Waals surface area contributed by atoms with Gasteiger partial charge in [0, 0.05) is 16.8 Å². The molecule has 2 nitrogen and oxygen atoms in total. The molecule has 2 fully saturated rings. The van der Waals surface area contributed by atoms with Gasteiger partial charge in [-0.25, -0.2) is 0 Å². The van der Waals surface area contributed by atoms with Crippen LogP contribution in [-0.2, 0) is 0 Å². The first kappa shape index (κ1) is 14.3. The maximum absolute atomic E-state index is 3.79. The zero-order chi connectivity index (χ0) is 16.0. The minimum Gasteiger partial charge on any atom is -0.334 e. The van der Waals surface area contributed by atoms with Crippen molar-refractivity contribution in [1.82, 2.24) is 0 Å². The topological polar surface area (TPSA) is 6.25 Å². The third-order valence-corrected chi connectivity index (χ3v) is 6.47. The number of nitrogens with zero attached hydrogens (tertiary/aromatic N) is 2. The van der Waals surface area contributed by atoms with E-state index >= 15 is 0 Å². The predicted molar refractivity (Wildman–Crippen MR) is 98.0 cm³/mol. The van der Waals surface area contributed by atoms with Gasteiger partial charge in [0.15, 0.2) is 0 Å². The van der Waals surface area contributed by atoms with Gasteiger partial charge in [-0.05, 0) is 38.5 Å². The third kappa shape index (κ3) is 1.98. The van der Waals surface area contributed by atoms with Gasteiger partial charge in [0.2, 0.25) is 6.34 Å². The van der Waals surface area contributed by atoms with Crippen LogP contribution in [0.2, 0.25) is 0 Å². The standard InChI is InChI=1S/C22H24N2/c1-3-9-18(10-4-1)23-17-24(19-11-5-2-6-12-19)21-14-8-16-22(21)15-7-13-20(22)23/h1-6,9-12,20-21H,7-8,13-16H2/t20-,21-,22-/m0/s1. The molecule has 0 radical (unpaired) electrons. The summed E-state index contributed by atoms with van der Waals surface area (Å²) in [5.41, 5.74) is 3.02. The van der Waals surface area contributed by atoms with Crippen LogP contribution in [0.5, 0.6) is 0 Å². The molecule has 5 rings (SSSR count). The molecule has 2 heteroatoms. The van der Waals surface area contributed by atoms with Gasteiger partial charge in [0.05, 0.1) is 12.1 Å². The number of benzene rings is 2. The molecular weight excluding hydrogens is 292 g/mol. The fraction of sp³-hybridized carbons (Fsp3) is 0.409. The average Bonchev–Trinajstić information content (AvgIpc) is 3.27. The minimum absolute atomic E-state index is 0.441. The summed E-state index contributed by atoms with van der Waals surface area (Å²) in [6, 6.07) is 23.0. The molecule has 3 atom stereocenters. The van der Waals surface area contributed by atoms with E-state index in [2.05, 4.69) is 76.5 Å². The second-order valence-electron chi connectivity index (χ2n) is 7.56. The summed E-state index contributed by atoms with van der Waals surface area (Å²) in [6.45, 7) is 0. The number of para-hydroxylation sites is 2. The van der Waals surface area contributed by atoms with Crippen molar-refractivity contribution in [3.63, 3.8) is 0 Å². The van der Waals surface area contributed by atoms with Gasteiger partial charge in [-0.1, -0.05) is 60.7 Å². The smallest absolute Gasteiger partial charge is 0.206 e. The average molecular weight is 316 g/mol. The number of anilines is 1. The number of rotatable bonds is 2. The molecule has 3 aliphatic rings. The van der Waals surface area contributed by atoms with Crippen molar-refractivity contribution in [3.05, 3.63) is 60.7 Å². The first-order valence-corrected chi connectivity index (χ1v) is 9.33. The second kappa shape index (κ2) is 5.47. The van der Waals surface area contributed by atoms with Crippen LogP contribution in [0.4, 0.5) is 11.4 Å². The molecule has 1 spiro atoms. The molecular formula is C22H24N2. The molecule has 1 heterocycles. The fourth-order valence-corrected chi connectivity index (χ4v) is 5.52. The highest BCUT2D eigenvalue weighted by Gasteiger charge is 2.58. The van der Waals surface area contributed by atoms with Gasteiger partial charge in [-0.15, -0.1) is 0 Å².